The number of para-hydroxylation sites is 1. The van der Waals surface area contributed by atoms with E-state index in [9.17, 15) is 9.59 Å². The Kier molecular flexibility index (Phi) is 6.88. The Morgan fingerprint density at radius 1 is 1.31 bits per heavy atom. The second-order valence-corrected chi connectivity index (χ2v) is 11.5. The van der Waals surface area contributed by atoms with Crippen molar-refractivity contribution in [1.82, 2.24) is 10.2 Å². The minimum absolute atomic E-state index is 0.0190. The Labute approximate surface area is 208 Å². The summed E-state index contributed by atoms with van der Waals surface area (Å²) in [4.78, 5) is 32.7. The van der Waals surface area contributed by atoms with E-state index in [0.29, 0.717) is 38.2 Å². The number of amides is 2. The van der Waals surface area contributed by atoms with E-state index < -0.39 is 5.54 Å². The van der Waals surface area contributed by atoms with Crippen molar-refractivity contribution in [1.29, 1.82) is 0 Å². The predicted molar refractivity (Wildman–Crippen MR) is 135 cm³/mol. The molecular weight excluding hydrogens is 444 g/mol. The van der Waals surface area contributed by atoms with Gasteiger partial charge in [0.1, 0.15) is 11.4 Å². The van der Waals surface area contributed by atoms with Crippen molar-refractivity contribution in [2.45, 2.75) is 83.5 Å². The van der Waals surface area contributed by atoms with E-state index >= 15 is 0 Å². The fourth-order valence-electron chi connectivity index (χ4n) is 5.49. The van der Waals surface area contributed by atoms with Gasteiger partial charge < -0.3 is 20.5 Å². The number of rotatable bonds is 8. The van der Waals surface area contributed by atoms with Gasteiger partial charge in [-0.2, -0.15) is 0 Å². The van der Waals surface area contributed by atoms with Crippen molar-refractivity contribution >= 4 is 17.8 Å². The van der Waals surface area contributed by atoms with Gasteiger partial charge in [-0.1, -0.05) is 32.0 Å². The molecule has 0 saturated heterocycles. The number of methoxy groups -OCH3 is 1. The summed E-state index contributed by atoms with van der Waals surface area (Å²) in [5.74, 6) is 1.19. The van der Waals surface area contributed by atoms with Crippen LogP contribution in [0.4, 0.5) is 0 Å². The number of nitrogens with two attached hydrogens (primary N) is 1. The number of hydrogen-bond donors (Lipinski definition) is 2. The molecule has 4 rings (SSSR count). The molecule has 1 aliphatic carbocycles. The van der Waals surface area contributed by atoms with Crippen molar-refractivity contribution in [2.75, 3.05) is 13.7 Å². The van der Waals surface area contributed by atoms with Crippen molar-refractivity contribution in [2.24, 2.45) is 28.5 Å². The van der Waals surface area contributed by atoms with Crippen LogP contribution in [0.5, 0.6) is 5.75 Å². The van der Waals surface area contributed by atoms with Gasteiger partial charge in [-0.05, 0) is 51.5 Å². The van der Waals surface area contributed by atoms with Crippen LogP contribution in [0.3, 0.4) is 0 Å². The monoisotopic (exact) mass is 484 g/mol. The summed E-state index contributed by atoms with van der Waals surface area (Å²) in [6.45, 7) is 10.7. The first-order chi connectivity index (χ1) is 16.5. The molecule has 3 unspecified atom stereocenters. The van der Waals surface area contributed by atoms with E-state index in [1.54, 1.807) is 12.0 Å². The molecule has 0 bridgehead atoms. The van der Waals surface area contributed by atoms with Gasteiger partial charge in [-0.3, -0.25) is 14.5 Å². The first kappa shape index (κ1) is 25.5. The molecule has 8 heteroatoms. The molecule has 192 valence electrons. The summed E-state index contributed by atoms with van der Waals surface area (Å²) in [6.07, 6.45) is 2.33. The molecule has 3 N–H and O–H groups in total. The maximum Gasteiger partial charge on any atom is 0.231 e. The summed E-state index contributed by atoms with van der Waals surface area (Å²) < 4.78 is 11.7. The normalized spacial score (nSPS) is 30.3. The molecule has 2 aliphatic heterocycles. The largest absolute Gasteiger partial charge is 0.487 e. The van der Waals surface area contributed by atoms with Gasteiger partial charge in [-0.25, -0.2) is 4.99 Å². The van der Waals surface area contributed by atoms with Gasteiger partial charge in [0.25, 0.3) is 0 Å². The van der Waals surface area contributed by atoms with Gasteiger partial charge in [0.2, 0.25) is 11.8 Å². The van der Waals surface area contributed by atoms with Crippen LogP contribution in [0.1, 0.15) is 71.9 Å². The summed E-state index contributed by atoms with van der Waals surface area (Å²) in [5, 5.41) is 3.31. The molecule has 0 radical (unpaired) electrons. The number of nitrogens with zero attached hydrogens (tertiary/aromatic N) is 2. The molecule has 35 heavy (non-hydrogen) atoms. The third kappa shape index (κ3) is 5.17. The van der Waals surface area contributed by atoms with E-state index in [0.717, 1.165) is 11.3 Å². The van der Waals surface area contributed by atoms with Crippen LogP contribution in [-0.2, 0) is 14.3 Å². The van der Waals surface area contributed by atoms with Gasteiger partial charge >= 0.3 is 0 Å². The first-order valence-corrected chi connectivity index (χ1v) is 12.7. The van der Waals surface area contributed by atoms with Crippen molar-refractivity contribution in [3.63, 3.8) is 0 Å². The molecule has 3 aliphatic rings. The molecular formula is C27H40N4O4. The van der Waals surface area contributed by atoms with Crippen LogP contribution in [0.25, 0.3) is 0 Å². The quantitative estimate of drug-likeness (QED) is 0.588. The Bertz CT molecular complexity index is 1010. The van der Waals surface area contributed by atoms with Crippen LogP contribution in [-0.4, -0.2) is 53.6 Å². The molecule has 0 aromatic heterocycles. The van der Waals surface area contributed by atoms with Gasteiger partial charge in [0.05, 0.1) is 18.0 Å². The topological polar surface area (TPSA) is 106 Å². The zero-order valence-corrected chi connectivity index (χ0v) is 21.8. The summed E-state index contributed by atoms with van der Waals surface area (Å²) >= 11 is 0. The van der Waals surface area contributed by atoms with Crippen molar-refractivity contribution in [3.05, 3.63) is 29.8 Å². The Hall–Kier alpha value is -2.61. The minimum Gasteiger partial charge on any atom is -0.487 e. The lowest BCUT2D eigenvalue weighted by Gasteiger charge is -2.43. The Morgan fingerprint density at radius 2 is 2.03 bits per heavy atom. The third-order valence-electron chi connectivity index (χ3n) is 7.92. The molecule has 5 atom stereocenters. The maximum atomic E-state index is 13.5. The van der Waals surface area contributed by atoms with Crippen LogP contribution in [0.2, 0.25) is 0 Å². The van der Waals surface area contributed by atoms with Gasteiger partial charge in [0, 0.05) is 37.7 Å². The highest BCUT2D eigenvalue weighted by Crippen LogP contribution is 2.47. The lowest BCUT2D eigenvalue weighted by atomic mass is 9.81. The smallest absolute Gasteiger partial charge is 0.231 e. The number of fused-ring (bicyclic) bond motifs is 1. The summed E-state index contributed by atoms with van der Waals surface area (Å²) in [6, 6.07) is 7.61. The number of carbonyl (C=O) groups excluding carboxylic acids is 2. The number of hydrogen-bond acceptors (Lipinski definition) is 6. The maximum absolute atomic E-state index is 13.5. The number of nitrogens with one attached hydrogen (secondary N) is 1. The number of guanidine groups is 1. The highest BCUT2D eigenvalue weighted by Gasteiger charge is 2.52. The van der Waals surface area contributed by atoms with E-state index in [-0.39, 0.29) is 47.3 Å². The molecule has 2 amide bonds. The molecule has 1 saturated carbocycles. The van der Waals surface area contributed by atoms with Gasteiger partial charge in [-0.15, -0.1) is 0 Å². The fourth-order valence-corrected chi connectivity index (χ4v) is 5.49. The predicted octanol–water partition coefficient (Wildman–Crippen LogP) is 3.41. The lowest BCUT2D eigenvalue weighted by Crippen LogP contribution is -2.55. The molecule has 2 heterocycles. The zero-order chi connectivity index (χ0) is 25.5. The van der Waals surface area contributed by atoms with E-state index in [1.807, 2.05) is 38.1 Å². The molecule has 1 aromatic rings. The number of ether oxygens (including phenoxy) is 2. The van der Waals surface area contributed by atoms with E-state index in [1.165, 1.54) is 0 Å². The average Bonchev–Trinajstić information content (AvgIpc) is 3.55. The Balaban J connectivity index is 1.51. The first-order valence-electron chi connectivity index (χ1n) is 12.7. The van der Waals surface area contributed by atoms with Crippen LogP contribution >= 0.6 is 0 Å². The molecule has 1 fully saturated rings. The average molecular weight is 485 g/mol. The van der Waals surface area contributed by atoms with Crippen molar-refractivity contribution in [3.8, 4) is 5.75 Å². The number of carbonyl (C=O) groups is 2. The highest BCUT2D eigenvalue weighted by molar-refractivity contribution is 5.99. The molecule has 0 spiro atoms. The SMILES string of the molecule is COCC[C@H](C1C[C@H]1C(=O)NC1CC(C)(C(C)C)Oc2ccccc21)N1C(=O)CC(C)(C)N=C1N. The lowest BCUT2D eigenvalue weighted by molar-refractivity contribution is -0.132. The second kappa shape index (κ2) is 9.45. The summed E-state index contributed by atoms with van der Waals surface area (Å²) in [7, 11) is 1.64. The second-order valence-electron chi connectivity index (χ2n) is 11.5. The molecule has 8 nitrogen and oxygen atoms in total. The Morgan fingerprint density at radius 3 is 2.69 bits per heavy atom. The van der Waals surface area contributed by atoms with Crippen LogP contribution < -0.4 is 15.8 Å². The fraction of sp³-hybridized carbons (Fsp3) is 0.667. The van der Waals surface area contributed by atoms with Gasteiger partial charge in [0.15, 0.2) is 5.96 Å². The van der Waals surface area contributed by atoms with E-state index in [4.69, 9.17) is 15.2 Å². The van der Waals surface area contributed by atoms with Crippen molar-refractivity contribution < 1.29 is 19.1 Å². The van der Waals surface area contributed by atoms with E-state index in [2.05, 4.69) is 31.1 Å². The minimum atomic E-state index is -0.511. The summed E-state index contributed by atoms with van der Waals surface area (Å²) in [5.41, 5.74) is 6.40. The zero-order valence-electron chi connectivity index (χ0n) is 21.8. The standard InChI is InChI=1S/C27H40N4O4/c1-16(2)27(5)14-20(17-9-7-8-10-22(17)35-27)29-24(33)19-13-18(19)21(11-12-34-6)31-23(32)15-26(3,4)30-25(31)28/h7-10,16,18-21H,11-15H2,1-6H3,(H2,28,30)(H,29,33)/t18?,19-,20?,21-,27?/m1/s1. The highest BCUT2D eigenvalue weighted by atomic mass is 16.5. The number of benzene rings is 1. The number of aliphatic imine (C=N–C) groups is 1. The third-order valence-corrected chi connectivity index (χ3v) is 7.92. The molecule has 1 aromatic carbocycles. The van der Waals surface area contributed by atoms with Crippen LogP contribution in [0, 0.1) is 17.8 Å². The van der Waals surface area contributed by atoms with Crippen LogP contribution in [0.15, 0.2) is 29.3 Å².